The van der Waals surface area contributed by atoms with Gasteiger partial charge in [0.15, 0.2) is 0 Å². The maximum absolute atomic E-state index is 13.4. The molecule has 3 atom stereocenters. The fourth-order valence-corrected chi connectivity index (χ4v) is 5.82. The van der Waals surface area contributed by atoms with E-state index in [2.05, 4.69) is 9.97 Å². The molecule has 2 heterocycles. The number of nitrogens with two attached hydrogens (primary N) is 1. The first-order chi connectivity index (χ1) is 14.1. The Morgan fingerprint density at radius 1 is 1.06 bits per heavy atom. The zero-order valence-corrected chi connectivity index (χ0v) is 19.1. The summed E-state index contributed by atoms with van der Waals surface area (Å²) in [7, 11) is 0. The Morgan fingerprint density at radius 2 is 1.74 bits per heavy atom. The molecule has 0 spiro atoms. The van der Waals surface area contributed by atoms with Crippen LogP contribution >= 0.6 is 24.8 Å². The number of nitrogens with zero attached hydrogens (tertiary/aromatic N) is 2. The summed E-state index contributed by atoms with van der Waals surface area (Å²) in [6, 6.07) is 6.68. The fourth-order valence-electron chi connectivity index (χ4n) is 5.82. The molecule has 2 aromatic rings. The number of nitrogens with one attached hydrogen (secondary N) is 1. The largest absolute Gasteiger partial charge is 0.340 e. The van der Waals surface area contributed by atoms with Crippen molar-refractivity contribution < 1.29 is 9.18 Å². The van der Waals surface area contributed by atoms with Crippen molar-refractivity contribution in [1.29, 1.82) is 0 Å². The molecular weight excluding hydrogens is 438 g/mol. The number of hydrogen-bond donors (Lipinski definition) is 2. The van der Waals surface area contributed by atoms with Crippen LogP contribution in [0.25, 0.3) is 11.3 Å². The summed E-state index contributed by atoms with van der Waals surface area (Å²) in [4.78, 5) is 23.4. The van der Waals surface area contributed by atoms with E-state index >= 15 is 0 Å². The summed E-state index contributed by atoms with van der Waals surface area (Å²) in [5, 5.41) is 0. The van der Waals surface area contributed by atoms with Crippen molar-refractivity contribution in [3.8, 4) is 11.3 Å². The summed E-state index contributed by atoms with van der Waals surface area (Å²) in [6.07, 6.45) is 9.21. The number of imidazole rings is 1. The number of benzene rings is 1. The molecule has 1 amide bonds. The van der Waals surface area contributed by atoms with Crippen molar-refractivity contribution in [2.75, 3.05) is 6.54 Å². The first-order valence-electron chi connectivity index (χ1n) is 11.0. The van der Waals surface area contributed by atoms with E-state index in [1.54, 1.807) is 18.3 Å². The summed E-state index contributed by atoms with van der Waals surface area (Å²) in [6.45, 7) is 0.800. The van der Waals surface area contributed by atoms with E-state index in [9.17, 15) is 9.18 Å². The highest BCUT2D eigenvalue weighted by Gasteiger charge is 2.43. The molecule has 1 saturated heterocycles. The number of rotatable bonds is 3. The maximum atomic E-state index is 13.4. The standard InChI is InChI=1S/C23H29FN4O.2ClH/c24-18-8-6-14(7-9-18)19-13-26-22(27-19)20-5-2-10-28(20)23(29)17-11-15-3-1-4-16(12-17)21(15)25;;/h6-9,13,15-17,20-21H,1-5,10-12,25H2,(H,26,27);2*1H. The first kappa shape index (κ1) is 24.0. The monoisotopic (exact) mass is 468 g/mol. The zero-order chi connectivity index (χ0) is 20.0. The molecule has 31 heavy (non-hydrogen) atoms. The minimum absolute atomic E-state index is 0. The molecule has 3 N–H and O–H groups in total. The third-order valence-corrected chi connectivity index (χ3v) is 7.36. The number of fused-ring (bicyclic) bond motifs is 2. The third kappa shape index (κ3) is 4.62. The smallest absolute Gasteiger partial charge is 0.226 e. The van der Waals surface area contributed by atoms with E-state index < -0.39 is 0 Å². The maximum Gasteiger partial charge on any atom is 0.226 e. The van der Waals surface area contributed by atoms with Crippen LogP contribution < -0.4 is 5.73 Å². The van der Waals surface area contributed by atoms with Gasteiger partial charge < -0.3 is 15.6 Å². The average Bonchev–Trinajstić information content (AvgIpc) is 3.37. The van der Waals surface area contributed by atoms with Crippen LogP contribution in [0.15, 0.2) is 30.5 Å². The van der Waals surface area contributed by atoms with E-state index in [0.717, 1.165) is 49.3 Å². The lowest BCUT2D eigenvalue weighted by Crippen LogP contribution is -2.49. The molecule has 1 aliphatic heterocycles. The van der Waals surface area contributed by atoms with Crippen LogP contribution in [0.1, 0.15) is 56.8 Å². The predicted octanol–water partition coefficient (Wildman–Crippen LogP) is 4.88. The lowest BCUT2D eigenvalue weighted by atomic mass is 9.65. The van der Waals surface area contributed by atoms with Gasteiger partial charge in [-0.05, 0) is 80.2 Å². The van der Waals surface area contributed by atoms with Crippen molar-refractivity contribution >= 4 is 30.7 Å². The predicted molar refractivity (Wildman–Crippen MR) is 124 cm³/mol. The molecule has 3 fully saturated rings. The normalized spacial score (nSPS) is 29.7. The second-order valence-electron chi connectivity index (χ2n) is 9.08. The number of carbonyl (C=O) groups is 1. The van der Waals surface area contributed by atoms with Crippen molar-refractivity contribution in [3.05, 3.63) is 42.1 Å². The number of carbonyl (C=O) groups excluding carboxylic acids is 1. The summed E-state index contributed by atoms with van der Waals surface area (Å²) < 4.78 is 13.2. The van der Waals surface area contributed by atoms with Gasteiger partial charge in [0.05, 0.1) is 17.9 Å². The lowest BCUT2D eigenvalue weighted by Gasteiger charge is -2.44. The molecule has 1 aromatic carbocycles. The highest BCUT2D eigenvalue weighted by Crippen LogP contribution is 2.44. The van der Waals surface area contributed by atoms with Gasteiger partial charge >= 0.3 is 0 Å². The topological polar surface area (TPSA) is 75.0 Å². The van der Waals surface area contributed by atoms with Crippen LogP contribution in [0, 0.1) is 23.6 Å². The van der Waals surface area contributed by atoms with Crippen molar-refractivity contribution in [3.63, 3.8) is 0 Å². The Kier molecular flexibility index (Phi) is 7.66. The van der Waals surface area contributed by atoms with Gasteiger partial charge in [-0.15, -0.1) is 24.8 Å². The molecule has 1 aromatic heterocycles. The van der Waals surface area contributed by atoms with Gasteiger partial charge in [-0.25, -0.2) is 9.37 Å². The van der Waals surface area contributed by atoms with Crippen LogP contribution in [-0.2, 0) is 4.79 Å². The second kappa shape index (κ2) is 9.88. The quantitative estimate of drug-likeness (QED) is 0.673. The lowest BCUT2D eigenvalue weighted by molar-refractivity contribution is -0.139. The molecule has 8 heteroatoms. The Bertz CT molecular complexity index is 876. The third-order valence-electron chi connectivity index (χ3n) is 7.36. The fraction of sp³-hybridized carbons (Fsp3) is 0.565. The number of hydrogen-bond acceptors (Lipinski definition) is 3. The number of aromatic amines is 1. The van der Waals surface area contributed by atoms with Crippen molar-refractivity contribution in [1.82, 2.24) is 14.9 Å². The molecule has 5 rings (SSSR count). The molecule has 170 valence electrons. The van der Waals surface area contributed by atoms with Gasteiger partial charge in [-0.1, -0.05) is 6.42 Å². The molecule has 3 unspecified atom stereocenters. The van der Waals surface area contributed by atoms with Crippen LogP contribution in [0.5, 0.6) is 0 Å². The minimum atomic E-state index is -0.252. The Hall–Kier alpha value is -1.63. The average molecular weight is 469 g/mol. The Labute approximate surface area is 195 Å². The highest BCUT2D eigenvalue weighted by atomic mass is 35.5. The van der Waals surface area contributed by atoms with Crippen LogP contribution in [-0.4, -0.2) is 33.4 Å². The summed E-state index contributed by atoms with van der Waals surface area (Å²) >= 11 is 0. The van der Waals surface area contributed by atoms with Gasteiger partial charge in [0, 0.05) is 18.5 Å². The van der Waals surface area contributed by atoms with Crippen molar-refractivity contribution in [2.24, 2.45) is 23.5 Å². The molecule has 3 aliphatic rings. The van der Waals surface area contributed by atoms with Gasteiger partial charge in [-0.3, -0.25) is 4.79 Å². The van der Waals surface area contributed by atoms with E-state index in [1.807, 2.05) is 4.90 Å². The van der Waals surface area contributed by atoms with E-state index in [-0.39, 0.29) is 54.5 Å². The van der Waals surface area contributed by atoms with Gasteiger partial charge in [0.1, 0.15) is 11.6 Å². The van der Waals surface area contributed by atoms with Crippen LogP contribution in [0.4, 0.5) is 4.39 Å². The van der Waals surface area contributed by atoms with Crippen LogP contribution in [0.3, 0.4) is 0 Å². The molecule has 2 saturated carbocycles. The number of amides is 1. The van der Waals surface area contributed by atoms with Gasteiger partial charge in [0.2, 0.25) is 5.91 Å². The highest BCUT2D eigenvalue weighted by molar-refractivity contribution is 5.85. The van der Waals surface area contributed by atoms with E-state index in [0.29, 0.717) is 11.8 Å². The first-order valence-corrected chi connectivity index (χ1v) is 11.0. The summed E-state index contributed by atoms with van der Waals surface area (Å²) in [5.74, 6) is 1.99. The van der Waals surface area contributed by atoms with Gasteiger partial charge in [-0.2, -0.15) is 0 Å². The Balaban J connectivity index is 0.00000136. The minimum Gasteiger partial charge on any atom is -0.340 e. The molecule has 5 nitrogen and oxygen atoms in total. The second-order valence-corrected chi connectivity index (χ2v) is 9.08. The zero-order valence-electron chi connectivity index (χ0n) is 17.5. The SMILES string of the molecule is Cl.Cl.NC1C2CCCC1CC(C(=O)N1CCCC1c1ncc(-c3ccc(F)cc3)[nH]1)C2. The molecule has 2 aliphatic carbocycles. The number of H-pyrrole nitrogens is 1. The van der Waals surface area contributed by atoms with Crippen molar-refractivity contribution in [2.45, 2.75) is 57.0 Å². The van der Waals surface area contributed by atoms with Gasteiger partial charge in [0.25, 0.3) is 0 Å². The molecule has 2 bridgehead atoms. The number of aromatic nitrogens is 2. The van der Waals surface area contributed by atoms with E-state index in [4.69, 9.17) is 5.73 Å². The van der Waals surface area contributed by atoms with Crippen LogP contribution in [0.2, 0.25) is 0 Å². The molecular formula is C23H31Cl2FN4O. The molecule has 0 radical (unpaired) electrons. The number of likely N-dealkylation sites (tertiary alicyclic amines) is 1. The Morgan fingerprint density at radius 3 is 2.42 bits per heavy atom. The van der Waals surface area contributed by atoms with E-state index in [1.165, 1.54) is 31.4 Å². The number of halogens is 3. The summed E-state index contributed by atoms with van der Waals surface area (Å²) in [5.41, 5.74) is 8.18.